The second-order valence-corrected chi connectivity index (χ2v) is 3.68. The summed E-state index contributed by atoms with van der Waals surface area (Å²) >= 11 is 0. The molecule has 0 radical (unpaired) electrons. The van der Waals surface area contributed by atoms with Crippen LogP contribution in [0.25, 0.3) is 0 Å². The van der Waals surface area contributed by atoms with Crippen LogP contribution in [0.2, 0.25) is 0 Å². The summed E-state index contributed by atoms with van der Waals surface area (Å²) in [6.45, 7) is 4.68. The summed E-state index contributed by atoms with van der Waals surface area (Å²) in [4.78, 5) is 2.50. The maximum absolute atomic E-state index is 5.44. The van der Waals surface area contributed by atoms with E-state index in [4.69, 9.17) is 4.74 Å². The number of rotatable bonds is 1. The number of ether oxygens (including phenoxy) is 1. The van der Waals surface area contributed by atoms with Crippen molar-refractivity contribution in [3.8, 4) is 0 Å². The van der Waals surface area contributed by atoms with Crippen molar-refractivity contribution in [2.24, 2.45) is 0 Å². The summed E-state index contributed by atoms with van der Waals surface area (Å²) in [6.07, 6.45) is 6.55. The summed E-state index contributed by atoms with van der Waals surface area (Å²) in [5.74, 6) is 0. The molecular formula is C9H17NO. The van der Waals surface area contributed by atoms with Gasteiger partial charge in [-0.15, -0.1) is 0 Å². The van der Waals surface area contributed by atoms with Gasteiger partial charge in [0.15, 0.2) is 0 Å². The molecule has 2 unspecified atom stereocenters. The molecule has 0 aliphatic carbocycles. The van der Waals surface area contributed by atoms with Crippen molar-refractivity contribution in [2.75, 3.05) is 13.1 Å². The van der Waals surface area contributed by atoms with Gasteiger partial charge in [-0.2, -0.15) is 0 Å². The van der Waals surface area contributed by atoms with E-state index in [2.05, 4.69) is 11.8 Å². The summed E-state index contributed by atoms with van der Waals surface area (Å²) in [6, 6.07) is 0. The molecule has 2 fully saturated rings. The zero-order valence-corrected chi connectivity index (χ0v) is 7.25. The van der Waals surface area contributed by atoms with Crippen molar-refractivity contribution in [1.82, 2.24) is 4.90 Å². The Morgan fingerprint density at radius 1 is 1.09 bits per heavy atom. The zero-order chi connectivity index (χ0) is 7.68. The lowest BCUT2D eigenvalue weighted by atomic mass is 10.2. The van der Waals surface area contributed by atoms with Crippen molar-refractivity contribution < 1.29 is 4.74 Å². The van der Waals surface area contributed by atoms with E-state index in [1.807, 2.05) is 0 Å². The highest BCUT2D eigenvalue weighted by Gasteiger charge is 2.39. The molecule has 2 saturated heterocycles. The second kappa shape index (κ2) is 3.11. The Labute approximate surface area is 68.5 Å². The van der Waals surface area contributed by atoms with Crippen LogP contribution in [0.3, 0.4) is 0 Å². The van der Waals surface area contributed by atoms with Crippen molar-refractivity contribution in [2.45, 2.75) is 44.9 Å². The Balaban J connectivity index is 1.82. The average Bonchev–Trinajstić information content (AvgIpc) is 2.71. The minimum absolute atomic E-state index is 0.480. The first-order valence-corrected chi connectivity index (χ1v) is 4.77. The fraction of sp³-hybridized carbons (Fsp3) is 1.00. The lowest BCUT2D eigenvalue weighted by Crippen LogP contribution is -2.28. The molecule has 2 atom stereocenters. The fourth-order valence-corrected chi connectivity index (χ4v) is 1.91. The van der Waals surface area contributed by atoms with Crippen LogP contribution in [-0.4, -0.2) is 30.3 Å². The maximum atomic E-state index is 5.44. The Morgan fingerprint density at radius 3 is 2.09 bits per heavy atom. The van der Waals surface area contributed by atoms with E-state index < -0.39 is 0 Å². The standard InChI is InChI=1S/C9H17NO/c1-8-9(11-8)10-6-4-2-3-5-7-10/h8-9H,2-7H2,1H3. The van der Waals surface area contributed by atoms with Gasteiger partial charge < -0.3 is 4.74 Å². The van der Waals surface area contributed by atoms with Crippen molar-refractivity contribution in [3.05, 3.63) is 0 Å². The quantitative estimate of drug-likeness (QED) is 0.535. The SMILES string of the molecule is CC1OC1N1CCCCCC1. The van der Waals surface area contributed by atoms with Gasteiger partial charge in [-0.3, -0.25) is 4.90 Å². The lowest BCUT2D eigenvalue weighted by Gasteiger charge is -2.16. The van der Waals surface area contributed by atoms with Crippen LogP contribution < -0.4 is 0 Å². The lowest BCUT2D eigenvalue weighted by molar-refractivity contribution is 0.181. The first-order valence-electron chi connectivity index (χ1n) is 4.77. The average molecular weight is 155 g/mol. The summed E-state index contributed by atoms with van der Waals surface area (Å²) in [7, 11) is 0. The molecule has 0 bridgehead atoms. The number of likely N-dealkylation sites (tertiary alicyclic amines) is 1. The molecule has 2 aliphatic heterocycles. The molecule has 2 heteroatoms. The van der Waals surface area contributed by atoms with E-state index in [9.17, 15) is 0 Å². The van der Waals surface area contributed by atoms with Crippen molar-refractivity contribution >= 4 is 0 Å². The summed E-state index contributed by atoms with van der Waals surface area (Å²) in [5, 5.41) is 0. The van der Waals surface area contributed by atoms with Crippen LogP contribution in [0, 0.1) is 0 Å². The van der Waals surface area contributed by atoms with Gasteiger partial charge in [0, 0.05) is 13.1 Å². The van der Waals surface area contributed by atoms with Crippen LogP contribution in [0.4, 0.5) is 0 Å². The molecule has 2 nitrogen and oxygen atoms in total. The van der Waals surface area contributed by atoms with Gasteiger partial charge >= 0.3 is 0 Å². The van der Waals surface area contributed by atoms with E-state index in [1.165, 1.54) is 38.8 Å². The second-order valence-electron chi connectivity index (χ2n) is 3.68. The highest BCUT2D eigenvalue weighted by Crippen LogP contribution is 2.27. The van der Waals surface area contributed by atoms with Gasteiger partial charge in [-0.25, -0.2) is 0 Å². The van der Waals surface area contributed by atoms with E-state index in [-0.39, 0.29) is 0 Å². The predicted molar refractivity (Wildman–Crippen MR) is 44.4 cm³/mol. The molecule has 0 saturated carbocycles. The minimum atomic E-state index is 0.480. The molecule has 0 aromatic carbocycles. The third kappa shape index (κ3) is 1.74. The van der Waals surface area contributed by atoms with Gasteiger partial charge in [-0.05, 0) is 19.8 Å². The van der Waals surface area contributed by atoms with E-state index in [0.717, 1.165) is 0 Å². The maximum Gasteiger partial charge on any atom is 0.137 e. The van der Waals surface area contributed by atoms with Crippen LogP contribution in [0.5, 0.6) is 0 Å². The molecule has 2 heterocycles. The van der Waals surface area contributed by atoms with Gasteiger partial charge in [0.2, 0.25) is 0 Å². The topological polar surface area (TPSA) is 15.8 Å². The number of hydrogen-bond acceptors (Lipinski definition) is 2. The summed E-state index contributed by atoms with van der Waals surface area (Å²) in [5.41, 5.74) is 0. The monoisotopic (exact) mass is 155 g/mol. The number of hydrogen-bond donors (Lipinski definition) is 0. The van der Waals surface area contributed by atoms with Gasteiger partial charge in [-0.1, -0.05) is 12.8 Å². The van der Waals surface area contributed by atoms with Crippen LogP contribution in [0.1, 0.15) is 32.6 Å². The number of epoxide rings is 1. The van der Waals surface area contributed by atoms with Gasteiger partial charge in [0.05, 0.1) is 6.10 Å². The molecule has 64 valence electrons. The van der Waals surface area contributed by atoms with Crippen LogP contribution >= 0.6 is 0 Å². The summed E-state index contributed by atoms with van der Waals surface area (Å²) < 4.78 is 5.44. The molecule has 0 amide bonds. The highest BCUT2D eigenvalue weighted by molar-refractivity contribution is 4.82. The number of nitrogens with zero attached hydrogens (tertiary/aromatic N) is 1. The van der Waals surface area contributed by atoms with Gasteiger partial charge in [0.1, 0.15) is 6.23 Å². The predicted octanol–water partition coefficient (Wildman–Crippen LogP) is 1.61. The highest BCUT2D eigenvalue weighted by atomic mass is 16.6. The van der Waals surface area contributed by atoms with Crippen molar-refractivity contribution in [3.63, 3.8) is 0 Å². The molecular weight excluding hydrogens is 138 g/mol. The Kier molecular flexibility index (Phi) is 2.14. The Hall–Kier alpha value is -0.0800. The van der Waals surface area contributed by atoms with Gasteiger partial charge in [0.25, 0.3) is 0 Å². The Bertz CT molecular complexity index is 130. The molecule has 0 aromatic heterocycles. The molecule has 2 aliphatic rings. The molecule has 0 spiro atoms. The first kappa shape index (κ1) is 7.56. The van der Waals surface area contributed by atoms with E-state index in [0.29, 0.717) is 12.3 Å². The first-order chi connectivity index (χ1) is 5.38. The molecule has 0 aromatic rings. The molecule has 2 rings (SSSR count). The fourth-order valence-electron chi connectivity index (χ4n) is 1.91. The van der Waals surface area contributed by atoms with Crippen LogP contribution in [-0.2, 0) is 4.74 Å². The zero-order valence-electron chi connectivity index (χ0n) is 7.25. The van der Waals surface area contributed by atoms with E-state index >= 15 is 0 Å². The molecule has 0 N–H and O–H groups in total. The van der Waals surface area contributed by atoms with E-state index in [1.54, 1.807) is 0 Å². The third-order valence-corrected chi connectivity index (χ3v) is 2.68. The van der Waals surface area contributed by atoms with Crippen LogP contribution in [0.15, 0.2) is 0 Å². The minimum Gasteiger partial charge on any atom is -0.353 e. The third-order valence-electron chi connectivity index (χ3n) is 2.68. The normalized spacial score (nSPS) is 40.1. The van der Waals surface area contributed by atoms with Crippen molar-refractivity contribution in [1.29, 1.82) is 0 Å². The smallest absolute Gasteiger partial charge is 0.137 e. The largest absolute Gasteiger partial charge is 0.353 e. The Morgan fingerprint density at radius 2 is 1.64 bits per heavy atom. The molecule has 11 heavy (non-hydrogen) atoms.